The Bertz CT molecular complexity index is 1070. The van der Waals surface area contributed by atoms with Crippen molar-refractivity contribution in [2.75, 3.05) is 17.7 Å². The summed E-state index contributed by atoms with van der Waals surface area (Å²) in [6.07, 6.45) is 1.11. The van der Waals surface area contributed by atoms with Crippen LogP contribution in [0, 0.1) is 19.7 Å². The molecule has 0 saturated heterocycles. The molecular formula is C19H19BrFNO4S. The highest BCUT2D eigenvalue weighted by molar-refractivity contribution is 9.10. The topological polar surface area (TPSA) is 63.7 Å². The molecule has 0 amide bonds. The first-order valence-corrected chi connectivity index (χ1v) is 10.9. The van der Waals surface area contributed by atoms with Crippen LogP contribution in [-0.2, 0) is 32.5 Å². The van der Waals surface area contributed by atoms with E-state index in [2.05, 4.69) is 15.9 Å². The van der Waals surface area contributed by atoms with Crippen LogP contribution >= 0.6 is 15.9 Å². The lowest BCUT2D eigenvalue weighted by Gasteiger charge is -2.35. The van der Waals surface area contributed by atoms with Crippen molar-refractivity contribution in [3.05, 3.63) is 50.7 Å². The largest absolute Gasteiger partial charge is 0.469 e. The molecule has 1 heterocycles. The minimum Gasteiger partial charge on any atom is -0.469 e. The van der Waals surface area contributed by atoms with Crippen molar-refractivity contribution in [3.8, 4) is 11.1 Å². The number of hydrogen-bond donors (Lipinski definition) is 0. The van der Waals surface area contributed by atoms with Gasteiger partial charge in [-0.05, 0) is 42.2 Å². The van der Waals surface area contributed by atoms with Gasteiger partial charge >= 0.3 is 5.97 Å². The number of benzene rings is 2. The van der Waals surface area contributed by atoms with Crippen molar-refractivity contribution in [1.82, 2.24) is 0 Å². The van der Waals surface area contributed by atoms with Crippen LogP contribution in [0.5, 0.6) is 0 Å². The van der Waals surface area contributed by atoms with Gasteiger partial charge in [0.15, 0.2) is 0 Å². The molecule has 1 aliphatic heterocycles. The van der Waals surface area contributed by atoms with Crippen molar-refractivity contribution in [1.29, 1.82) is 0 Å². The van der Waals surface area contributed by atoms with Gasteiger partial charge in [0.2, 0.25) is 10.0 Å². The lowest BCUT2D eigenvalue weighted by molar-refractivity contribution is -0.139. The first-order chi connectivity index (χ1) is 12.6. The zero-order valence-electron chi connectivity index (χ0n) is 15.4. The summed E-state index contributed by atoms with van der Waals surface area (Å²) in [5.41, 5.74) is 3.85. The number of carbonyl (C=O) groups is 1. The predicted molar refractivity (Wildman–Crippen MR) is 106 cm³/mol. The molecule has 2 aromatic carbocycles. The molecular weight excluding hydrogens is 437 g/mol. The van der Waals surface area contributed by atoms with Gasteiger partial charge in [0.05, 0.1) is 32.0 Å². The zero-order chi connectivity index (χ0) is 20.1. The van der Waals surface area contributed by atoms with E-state index in [0.717, 1.165) is 6.26 Å². The Morgan fingerprint density at radius 3 is 2.52 bits per heavy atom. The van der Waals surface area contributed by atoms with Crippen LogP contribution in [0.3, 0.4) is 0 Å². The Kier molecular flexibility index (Phi) is 5.07. The monoisotopic (exact) mass is 455 g/mol. The molecule has 2 aromatic rings. The minimum absolute atomic E-state index is 0.0151. The summed E-state index contributed by atoms with van der Waals surface area (Å²) >= 11 is 3.52. The van der Waals surface area contributed by atoms with Crippen LogP contribution in [0.15, 0.2) is 22.7 Å². The smallest absolute Gasteiger partial charge is 0.310 e. The van der Waals surface area contributed by atoms with Crippen molar-refractivity contribution in [2.24, 2.45) is 0 Å². The van der Waals surface area contributed by atoms with Gasteiger partial charge in [-0.25, -0.2) is 12.8 Å². The maximum Gasteiger partial charge on any atom is 0.310 e. The van der Waals surface area contributed by atoms with Crippen LogP contribution in [0.2, 0.25) is 0 Å². The Balaban J connectivity index is 2.43. The number of carbonyl (C=O) groups excluding carboxylic acids is 1. The number of hydrogen-bond acceptors (Lipinski definition) is 4. The highest BCUT2D eigenvalue weighted by Crippen LogP contribution is 2.49. The molecule has 27 heavy (non-hydrogen) atoms. The molecule has 1 aliphatic rings. The Hall–Kier alpha value is -1.93. The SMILES string of the molecule is COC(=O)Cc1c(C)c2c(c(C)c1Br)-c1c(F)cccc1CN2S(C)(=O)=O. The van der Waals surface area contributed by atoms with E-state index in [9.17, 15) is 17.6 Å². The van der Waals surface area contributed by atoms with E-state index in [-0.39, 0.29) is 13.0 Å². The van der Waals surface area contributed by atoms with Gasteiger partial charge in [0, 0.05) is 15.6 Å². The van der Waals surface area contributed by atoms with E-state index in [1.165, 1.54) is 17.5 Å². The summed E-state index contributed by atoms with van der Waals surface area (Å²) in [6, 6.07) is 4.66. The minimum atomic E-state index is -3.62. The molecule has 144 valence electrons. The number of sulfonamides is 1. The number of esters is 1. The summed E-state index contributed by atoms with van der Waals surface area (Å²) in [7, 11) is -2.32. The molecule has 0 bridgehead atoms. The summed E-state index contributed by atoms with van der Waals surface area (Å²) < 4.78 is 46.4. The van der Waals surface area contributed by atoms with Crippen molar-refractivity contribution < 1.29 is 22.3 Å². The average Bonchev–Trinajstić information content (AvgIpc) is 2.61. The third-order valence-corrected chi connectivity index (χ3v) is 7.06. The first kappa shape index (κ1) is 19.8. The molecule has 0 saturated carbocycles. The molecule has 5 nitrogen and oxygen atoms in total. The number of anilines is 1. The lowest BCUT2D eigenvalue weighted by atomic mass is 9.86. The number of rotatable bonds is 3. The fourth-order valence-electron chi connectivity index (χ4n) is 3.55. The van der Waals surface area contributed by atoms with Gasteiger partial charge in [0.1, 0.15) is 5.82 Å². The molecule has 0 atom stereocenters. The molecule has 0 fully saturated rings. The van der Waals surface area contributed by atoms with Crippen molar-refractivity contribution in [3.63, 3.8) is 0 Å². The Morgan fingerprint density at radius 2 is 1.93 bits per heavy atom. The van der Waals surface area contributed by atoms with Crippen molar-refractivity contribution >= 4 is 37.6 Å². The number of nitrogens with zero attached hydrogens (tertiary/aromatic N) is 1. The van der Waals surface area contributed by atoms with Gasteiger partial charge < -0.3 is 4.74 Å². The van der Waals surface area contributed by atoms with E-state index in [4.69, 9.17) is 4.74 Å². The number of ether oxygens (including phenoxy) is 1. The van der Waals surface area contributed by atoms with Crippen LogP contribution < -0.4 is 4.31 Å². The second-order valence-corrected chi connectivity index (χ2v) is 9.26. The third-order valence-electron chi connectivity index (χ3n) is 4.88. The normalized spacial score (nSPS) is 13.2. The van der Waals surface area contributed by atoms with E-state index < -0.39 is 21.8 Å². The van der Waals surface area contributed by atoms with E-state index >= 15 is 0 Å². The van der Waals surface area contributed by atoms with Gasteiger partial charge in [0.25, 0.3) is 0 Å². The molecule has 0 aromatic heterocycles. The second kappa shape index (κ2) is 6.91. The summed E-state index contributed by atoms with van der Waals surface area (Å²) in [5, 5.41) is 0. The number of halogens is 2. The fraction of sp³-hybridized carbons (Fsp3) is 0.316. The molecule has 3 rings (SSSR count). The van der Waals surface area contributed by atoms with Gasteiger partial charge in [-0.1, -0.05) is 28.1 Å². The van der Waals surface area contributed by atoms with E-state index in [1.54, 1.807) is 26.0 Å². The Labute approximate surface area is 166 Å². The molecule has 0 aliphatic carbocycles. The summed E-state index contributed by atoms with van der Waals surface area (Å²) in [4.78, 5) is 11.9. The summed E-state index contributed by atoms with van der Waals surface area (Å²) in [5.74, 6) is -0.844. The van der Waals surface area contributed by atoms with Gasteiger partial charge in [-0.15, -0.1) is 0 Å². The number of methoxy groups -OCH3 is 1. The molecule has 0 unspecified atom stereocenters. The third kappa shape index (κ3) is 3.25. The van der Waals surface area contributed by atoms with Crippen molar-refractivity contribution in [2.45, 2.75) is 26.8 Å². The maximum absolute atomic E-state index is 14.7. The Morgan fingerprint density at radius 1 is 1.26 bits per heavy atom. The fourth-order valence-corrected chi connectivity index (χ4v) is 5.12. The molecule has 0 radical (unpaired) electrons. The zero-order valence-corrected chi connectivity index (χ0v) is 17.8. The second-order valence-electron chi connectivity index (χ2n) is 6.56. The van der Waals surface area contributed by atoms with E-state index in [0.29, 0.717) is 43.5 Å². The van der Waals surface area contributed by atoms with Gasteiger partial charge in [-0.2, -0.15) is 0 Å². The maximum atomic E-state index is 14.7. The number of fused-ring (bicyclic) bond motifs is 3. The van der Waals surface area contributed by atoms with E-state index in [1.807, 2.05) is 0 Å². The molecule has 0 spiro atoms. The predicted octanol–water partition coefficient (Wildman–Crippen LogP) is 3.87. The highest BCUT2D eigenvalue weighted by Gasteiger charge is 2.34. The van der Waals surface area contributed by atoms with Crippen LogP contribution in [-0.4, -0.2) is 27.8 Å². The van der Waals surface area contributed by atoms with Crippen LogP contribution in [0.1, 0.15) is 22.3 Å². The first-order valence-electron chi connectivity index (χ1n) is 8.21. The lowest BCUT2D eigenvalue weighted by Crippen LogP contribution is -2.34. The quantitative estimate of drug-likeness (QED) is 0.658. The average molecular weight is 456 g/mol. The highest BCUT2D eigenvalue weighted by atomic mass is 79.9. The van der Waals surface area contributed by atoms with Gasteiger partial charge in [-0.3, -0.25) is 9.10 Å². The molecule has 0 N–H and O–H groups in total. The van der Waals surface area contributed by atoms with Crippen LogP contribution in [0.25, 0.3) is 11.1 Å². The molecule has 8 heteroatoms. The standard InChI is InChI=1S/C19H19BrFNO4S/c1-10-13(8-15(23)26-3)18(20)11(2)16-17-12(6-5-7-14(17)21)9-22(19(10)16)27(4,24)25/h5-7H,8-9H2,1-4H3. The van der Waals surface area contributed by atoms with Crippen LogP contribution in [0.4, 0.5) is 10.1 Å². The summed E-state index contributed by atoms with van der Waals surface area (Å²) in [6.45, 7) is 3.56.